The van der Waals surface area contributed by atoms with Crippen LogP contribution in [-0.4, -0.2) is 37.8 Å². The van der Waals surface area contributed by atoms with Crippen molar-refractivity contribution >= 4 is 11.8 Å². The Labute approximate surface area is 104 Å². The highest BCUT2D eigenvalue weighted by Gasteiger charge is 2.26. The second-order valence-corrected chi connectivity index (χ2v) is 6.36. The molecule has 0 bridgehead atoms. The van der Waals surface area contributed by atoms with Crippen molar-refractivity contribution < 1.29 is 4.74 Å². The zero-order valence-electron chi connectivity index (χ0n) is 10.4. The third kappa shape index (κ3) is 3.64. The van der Waals surface area contributed by atoms with Crippen molar-refractivity contribution in [2.75, 3.05) is 31.8 Å². The van der Waals surface area contributed by atoms with Crippen LogP contribution in [0.4, 0.5) is 0 Å². The quantitative estimate of drug-likeness (QED) is 0.820. The van der Waals surface area contributed by atoms with Gasteiger partial charge in [-0.15, -0.1) is 0 Å². The lowest BCUT2D eigenvalue weighted by molar-refractivity contribution is 0.0510. The van der Waals surface area contributed by atoms with Gasteiger partial charge < -0.3 is 10.1 Å². The summed E-state index contributed by atoms with van der Waals surface area (Å²) in [5.74, 6) is 4.60. The van der Waals surface area contributed by atoms with Crippen molar-refractivity contribution in [3.8, 4) is 0 Å². The fraction of sp³-hybridized carbons (Fsp3) is 1.00. The SMILES string of the molecule is CNC(CC1CCSCC1)C1CCOCC1. The second-order valence-electron chi connectivity index (χ2n) is 5.14. The molecule has 0 aromatic heterocycles. The first-order valence-corrected chi connectivity index (χ1v) is 7.88. The zero-order valence-corrected chi connectivity index (χ0v) is 11.2. The summed E-state index contributed by atoms with van der Waals surface area (Å²) in [6.45, 7) is 1.95. The topological polar surface area (TPSA) is 21.3 Å². The van der Waals surface area contributed by atoms with Crippen LogP contribution in [0.3, 0.4) is 0 Å². The first-order chi connectivity index (χ1) is 7.90. The molecule has 2 saturated heterocycles. The van der Waals surface area contributed by atoms with E-state index in [4.69, 9.17) is 4.74 Å². The molecule has 0 saturated carbocycles. The van der Waals surface area contributed by atoms with Crippen LogP contribution < -0.4 is 5.32 Å². The molecule has 2 rings (SSSR count). The Morgan fingerprint density at radius 3 is 2.50 bits per heavy atom. The van der Waals surface area contributed by atoms with E-state index in [1.54, 1.807) is 0 Å². The van der Waals surface area contributed by atoms with Crippen LogP contribution in [0, 0.1) is 11.8 Å². The van der Waals surface area contributed by atoms with E-state index in [-0.39, 0.29) is 0 Å². The van der Waals surface area contributed by atoms with Crippen molar-refractivity contribution in [3.05, 3.63) is 0 Å². The smallest absolute Gasteiger partial charge is 0.0469 e. The van der Waals surface area contributed by atoms with Crippen LogP contribution in [0.1, 0.15) is 32.1 Å². The average Bonchev–Trinajstić information content (AvgIpc) is 2.38. The molecule has 1 unspecified atom stereocenters. The van der Waals surface area contributed by atoms with Gasteiger partial charge in [-0.3, -0.25) is 0 Å². The molecule has 0 spiro atoms. The molecular formula is C13H25NOS. The minimum absolute atomic E-state index is 0.733. The van der Waals surface area contributed by atoms with Crippen LogP contribution in [0.2, 0.25) is 0 Å². The highest BCUT2D eigenvalue weighted by Crippen LogP contribution is 2.30. The Hall–Kier alpha value is 0.270. The van der Waals surface area contributed by atoms with E-state index in [2.05, 4.69) is 24.1 Å². The molecule has 1 atom stereocenters. The Kier molecular flexibility index (Phi) is 5.46. The molecule has 0 amide bonds. The van der Waals surface area contributed by atoms with Gasteiger partial charge in [-0.25, -0.2) is 0 Å². The summed E-state index contributed by atoms with van der Waals surface area (Å²) in [5, 5.41) is 3.56. The molecule has 0 radical (unpaired) electrons. The lowest BCUT2D eigenvalue weighted by atomic mass is 9.84. The van der Waals surface area contributed by atoms with Crippen molar-refractivity contribution in [2.45, 2.75) is 38.1 Å². The van der Waals surface area contributed by atoms with Gasteiger partial charge in [0.2, 0.25) is 0 Å². The molecule has 2 heterocycles. The van der Waals surface area contributed by atoms with Crippen LogP contribution >= 0.6 is 11.8 Å². The molecule has 94 valence electrons. The monoisotopic (exact) mass is 243 g/mol. The Balaban J connectivity index is 1.78. The number of rotatable bonds is 4. The molecule has 1 N–H and O–H groups in total. The summed E-state index contributed by atoms with van der Waals surface area (Å²) in [6.07, 6.45) is 6.78. The third-order valence-electron chi connectivity index (χ3n) is 4.13. The zero-order chi connectivity index (χ0) is 11.2. The van der Waals surface area contributed by atoms with Gasteiger partial charge in [0.25, 0.3) is 0 Å². The summed E-state index contributed by atoms with van der Waals surface area (Å²) in [7, 11) is 2.14. The average molecular weight is 243 g/mol. The molecular weight excluding hydrogens is 218 g/mol. The first kappa shape index (κ1) is 12.7. The fourth-order valence-electron chi connectivity index (χ4n) is 3.01. The van der Waals surface area contributed by atoms with Crippen molar-refractivity contribution in [1.29, 1.82) is 0 Å². The summed E-state index contributed by atoms with van der Waals surface area (Å²) in [5.41, 5.74) is 0. The van der Waals surface area contributed by atoms with E-state index in [0.29, 0.717) is 0 Å². The van der Waals surface area contributed by atoms with E-state index < -0.39 is 0 Å². The predicted octanol–water partition coefficient (Wildman–Crippen LogP) is 2.53. The van der Waals surface area contributed by atoms with Gasteiger partial charge in [0.1, 0.15) is 0 Å². The van der Waals surface area contributed by atoms with Gasteiger partial charge in [0.15, 0.2) is 0 Å². The minimum atomic E-state index is 0.733. The summed E-state index contributed by atoms with van der Waals surface area (Å²) < 4.78 is 5.45. The Morgan fingerprint density at radius 1 is 1.19 bits per heavy atom. The summed E-state index contributed by atoms with van der Waals surface area (Å²) in [4.78, 5) is 0. The third-order valence-corrected chi connectivity index (χ3v) is 5.18. The summed E-state index contributed by atoms with van der Waals surface area (Å²) >= 11 is 2.13. The molecule has 2 fully saturated rings. The van der Waals surface area contributed by atoms with Crippen molar-refractivity contribution in [1.82, 2.24) is 5.32 Å². The van der Waals surface area contributed by atoms with Gasteiger partial charge >= 0.3 is 0 Å². The number of hydrogen-bond donors (Lipinski definition) is 1. The van der Waals surface area contributed by atoms with Crippen LogP contribution in [0.5, 0.6) is 0 Å². The molecule has 3 heteroatoms. The van der Waals surface area contributed by atoms with Crippen LogP contribution in [0.25, 0.3) is 0 Å². The molecule has 2 aliphatic heterocycles. The standard InChI is InChI=1S/C13H25NOS/c1-14-13(12-2-6-15-7-3-12)10-11-4-8-16-9-5-11/h11-14H,2-10H2,1H3. The van der Waals surface area contributed by atoms with Gasteiger partial charge in [0, 0.05) is 19.3 Å². The summed E-state index contributed by atoms with van der Waals surface area (Å²) in [6, 6.07) is 0.733. The van der Waals surface area contributed by atoms with E-state index in [1.807, 2.05) is 0 Å². The van der Waals surface area contributed by atoms with E-state index >= 15 is 0 Å². The largest absolute Gasteiger partial charge is 0.381 e. The fourth-order valence-corrected chi connectivity index (χ4v) is 4.21. The van der Waals surface area contributed by atoms with Gasteiger partial charge in [0.05, 0.1) is 0 Å². The Bertz CT molecular complexity index is 188. The molecule has 0 aromatic rings. The van der Waals surface area contributed by atoms with Crippen LogP contribution in [0.15, 0.2) is 0 Å². The highest BCUT2D eigenvalue weighted by atomic mass is 32.2. The maximum atomic E-state index is 5.45. The number of ether oxygens (including phenoxy) is 1. The normalized spacial score (nSPS) is 26.8. The van der Waals surface area contributed by atoms with Gasteiger partial charge in [-0.1, -0.05) is 0 Å². The molecule has 0 aromatic carbocycles. The molecule has 2 aliphatic rings. The highest BCUT2D eigenvalue weighted by molar-refractivity contribution is 7.99. The first-order valence-electron chi connectivity index (χ1n) is 6.73. The lowest BCUT2D eigenvalue weighted by Crippen LogP contribution is -2.38. The number of thioether (sulfide) groups is 1. The van der Waals surface area contributed by atoms with E-state index in [0.717, 1.165) is 31.1 Å². The maximum Gasteiger partial charge on any atom is 0.0469 e. The van der Waals surface area contributed by atoms with E-state index in [1.165, 1.54) is 43.6 Å². The maximum absolute atomic E-state index is 5.45. The van der Waals surface area contributed by atoms with Crippen LogP contribution in [-0.2, 0) is 4.74 Å². The second kappa shape index (κ2) is 6.87. The molecule has 0 aliphatic carbocycles. The minimum Gasteiger partial charge on any atom is -0.381 e. The number of nitrogens with one attached hydrogen (secondary N) is 1. The van der Waals surface area contributed by atoms with Gasteiger partial charge in [-0.05, 0) is 62.5 Å². The van der Waals surface area contributed by atoms with Gasteiger partial charge in [-0.2, -0.15) is 11.8 Å². The lowest BCUT2D eigenvalue weighted by Gasteiger charge is -2.33. The van der Waals surface area contributed by atoms with E-state index in [9.17, 15) is 0 Å². The molecule has 2 nitrogen and oxygen atoms in total. The molecule has 16 heavy (non-hydrogen) atoms. The number of hydrogen-bond acceptors (Lipinski definition) is 3. The van der Waals surface area contributed by atoms with Crippen molar-refractivity contribution in [2.24, 2.45) is 11.8 Å². The van der Waals surface area contributed by atoms with Crippen molar-refractivity contribution in [3.63, 3.8) is 0 Å². The Morgan fingerprint density at radius 2 is 1.88 bits per heavy atom. The predicted molar refractivity (Wildman–Crippen MR) is 71.1 cm³/mol.